The van der Waals surface area contributed by atoms with Crippen LogP contribution in [0.15, 0.2) is 36.4 Å². The van der Waals surface area contributed by atoms with Crippen LogP contribution in [0.2, 0.25) is 5.02 Å². The zero-order valence-corrected chi connectivity index (χ0v) is 16.3. The molecule has 0 aromatic heterocycles. The molecule has 1 atom stereocenters. The van der Waals surface area contributed by atoms with Gasteiger partial charge in [0.1, 0.15) is 12.0 Å². The van der Waals surface area contributed by atoms with Crippen LogP contribution in [0.3, 0.4) is 0 Å². The van der Waals surface area contributed by atoms with Crippen molar-refractivity contribution in [2.75, 3.05) is 23.8 Å². The van der Waals surface area contributed by atoms with Crippen molar-refractivity contribution in [3.63, 3.8) is 0 Å². The molecule has 1 fully saturated rings. The number of hydrogen-bond donors (Lipinski definition) is 1. The molecule has 0 radical (unpaired) electrons. The van der Waals surface area contributed by atoms with Crippen LogP contribution in [-0.4, -0.2) is 36.5 Å². The summed E-state index contributed by atoms with van der Waals surface area (Å²) < 4.78 is 13.3. The molecule has 0 unspecified atom stereocenters. The summed E-state index contributed by atoms with van der Waals surface area (Å²) in [6.45, 7) is 0.765. The van der Waals surface area contributed by atoms with Gasteiger partial charge in [-0.2, -0.15) is 0 Å². The lowest BCUT2D eigenvalue weighted by Crippen LogP contribution is -2.53. The first-order valence-electron chi connectivity index (χ1n) is 9.40. The lowest BCUT2D eigenvalue weighted by molar-refractivity contribution is 0.0661. The molecular weight excluding hydrogens is 381 g/mol. The predicted octanol–water partition coefficient (Wildman–Crippen LogP) is 4.52. The molecule has 0 aliphatic carbocycles. The van der Waals surface area contributed by atoms with Crippen LogP contribution in [0.4, 0.5) is 15.8 Å². The molecule has 5 nitrogen and oxygen atoms in total. The van der Waals surface area contributed by atoms with E-state index in [1.54, 1.807) is 18.2 Å². The van der Waals surface area contributed by atoms with Gasteiger partial charge in [0.15, 0.2) is 0 Å². The number of amides is 2. The van der Waals surface area contributed by atoms with Crippen LogP contribution in [0.25, 0.3) is 0 Å². The second-order valence-corrected chi connectivity index (χ2v) is 7.66. The van der Waals surface area contributed by atoms with Crippen molar-refractivity contribution in [1.29, 1.82) is 0 Å². The summed E-state index contributed by atoms with van der Waals surface area (Å²) in [6.07, 6.45) is 4.17. The van der Waals surface area contributed by atoms with Crippen molar-refractivity contribution in [2.45, 2.75) is 31.8 Å². The lowest BCUT2D eigenvalue weighted by atomic mass is 10.0. The third-order valence-electron chi connectivity index (χ3n) is 5.48. The minimum absolute atomic E-state index is 0.0247. The van der Waals surface area contributed by atoms with Gasteiger partial charge in [-0.25, -0.2) is 4.39 Å². The smallest absolute Gasteiger partial charge is 0.257 e. The molecule has 0 spiro atoms. The number of benzene rings is 2. The number of carbonyl (C=O) groups is 2. The Hall–Kier alpha value is -2.60. The van der Waals surface area contributed by atoms with Gasteiger partial charge < -0.3 is 15.1 Å². The zero-order valence-electron chi connectivity index (χ0n) is 15.5. The van der Waals surface area contributed by atoms with Crippen molar-refractivity contribution in [3.05, 3.63) is 58.4 Å². The van der Waals surface area contributed by atoms with Crippen molar-refractivity contribution in [1.82, 2.24) is 4.90 Å². The minimum Gasteiger partial charge on any atom is -0.354 e. The molecule has 1 N–H and O–H groups in total. The van der Waals surface area contributed by atoms with Crippen LogP contribution in [0.5, 0.6) is 0 Å². The Balaban J connectivity index is 1.62. The Morgan fingerprint density at radius 1 is 1.18 bits per heavy atom. The molecule has 146 valence electrons. The predicted molar refractivity (Wildman–Crippen MR) is 108 cm³/mol. The van der Waals surface area contributed by atoms with E-state index in [0.717, 1.165) is 37.9 Å². The summed E-state index contributed by atoms with van der Waals surface area (Å²) in [7, 11) is 1.97. The lowest BCUT2D eigenvalue weighted by Gasteiger charge is -2.43. The van der Waals surface area contributed by atoms with Crippen LogP contribution < -0.4 is 10.2 Å². The topological polar surface area (TPSA) is 52.7 Å². The Morgan fingerprint density at radius 2 is 2.00 bits per heavy atom. The van der Waals surface area contributed by atoms with Gasteiger partial charge in [-0.1, -0.05) is 18.0 Å². The van der Waals surface area contributed by atoms with Crippen LogP contribution in [-0.2, 0) is 0 Å². The first-order chi connectivity index (χ1) is 13.5. The summed E-state index contributed by atoms with van der Waals surface area (Å²) in [5.41, 5.74) is 2.22. The fraction of sp³-hybridized carbons (Fsp3) is 0.333. The summed E-state index contributed by atoms with van der Waals surface area (Å²) in [6, 6.07) is 9.13. The number of carbonyl (C=O) groups excluding carboxylic acids is 2. The fourth-order valence-electron chi connectivity index (χ4n) is 3.97. The van der Waals surface area contributed by atoms with Gasteiger partial charge in [0, 0.05) is 24.8 Å². The van der Waals surface area contributed by atoms with E-state index in [0.29, 0.717) is 16.8 Å². The van der Waals surface area contributed by atoms with E-state index in [-0.39, 0.29) is 23.0 Å². The molecule has 2 aliphatic rings. The molecule has 2 amide bonds. The van der Waals surface area contributed by atoms with Gasteiger partial charge in [-0.3, -0.25) is 9.59 Å². The Bertz CT molecular complexity index is 949. The molecule has 2 heterocycles. The summed E-state index contributed by atoms with van der Waals surface area (Å²) >= 11 is 5.78. The third-order valence-corrected chi connectivity index (χ3v) is 5.77. The monoisotopic (exact) mass is 401 g/mol. The first-order valence-corrected chi connectivity index (χ1v) is 9.78. The number of nitrogens with zero attached hydrogens (tertiary/aromatic N) is 2. The number of fused-ring (bicyclic) bond motifs is 2. The van der Waals surface area contributed by atoms with Crippen LogP contribution >= 0.6 is 11.6 Å². The molecular formula is C21H21ClFN3O2. The summed E-state index contributed by atoms with van der Waals surface area (Å²) in [5, 5.41) is 2.67. The highest BCUT2D eigenvalue weighted by molar-refractivity contribution is 6.31. The normalized spacial score (nSPS) is 19.0. The average molecular weight is 402 g/mol. The molecule has 4 rings (SSSR count). The van der Waals surface area contributed by atoms with Gasteiger partial charge in [-0.05, 0) is 55.7 Å². The van der Waals surface area contributed by atoms with E-state index >= 15 is 0 Å². The number of rotatable bonds is 2. The zero-order chi connectivity index (χ0) is 19.8. The molecule has 1 saturated heterocycles. The van der Waals surface area contributed by atoms with E-state index in [2.05, 4.69) is 10.2 Å². The highest BCUT2D eigenvalue weighted by Gasteiger charge is 2.36. The van der Waals surface area contributed by atoms with E-state index < -0.39 is 5.82 Å². The molecule has 7 heteroatoms. The van der Waals surface area contributed by atoms with E-state index in [9.17, 15) is 14.0 Å². The molecule has 0 bridgehead atoms. The third kappa shape index (κ3) is 3.33. The summed E-state index contributed by atoms with van der Waals surface area (Å²) in [5.74, 6) is -0.853. The molecule has 2 aliphatic heterocycles. The molecule has 0 saturated carbocycles. The number of nitrogens with one attached hydrogen (secondary N) is 1. The number of hydrogen-bond acceptors (Lipinski definition) is 3. The van der Waals surface area contributed by atoms with Crippen molar-refractivity contribution >= 4 is 34.8 Å². The second-order valence-electron chi connectivity index (χ2n) is 7.25. The van der Waals surface area contributed by atoms with Gasteiger partial charge in [-0.15, -0.1) is 0 Å². The van der Waals surface area contributed by atoms with Gasteiger partial charge in [0.2, 0.25) is 0 Å². The number of anilines is 2. The fourth-order valence-corrected chi connectivity index (χ4v) is 4.15. The maximum Gasteiger partial charge on any atom is 0.257 e. The molecule has 2 aromatic rings. The Morgan fingerprint density at radius 3 is 2.79 bits per heavy atom. The SMILES string of the molecule is CN1c2cc(C(=O)Nc3ccc(F)c(Cl)c3)ccc2C(=O)N2CCCCC[C@@H]21. The Kier molecular flexibility index (Phi) is 4.98. The highest BCUT2D eigenvalue weighted by atomic mass is 35.5. The van der Waals surface area contributed by atoms with Gasteiger partial charge in [0.25, 0.3) is 11.8 Å². The largest absolute Gasteiger partial charge is 0.354 e. The quantitative estimate of drug-likeness (QED) is 0.804. The standard InChI is InChI=1S/C21H21ClFN3O2/c1-25-18-11-13(20(27)24-14-7-9-17(23)16(22)12-14)6-8-15(18)21(28)26-10-4-2-3-5-19(25)26/h6-9,11-12,19H,2-5,10H2,1H3,(H,24,27)/t19-/m1/s1. The highest BCUT2D eigenvalue weighted by Crippen LogP contribution is 2.34. The van der Waals surface area contributed by atoms with E-state index in [4.69, 9.17) is 11.6 Å². The van der Waals surface area contributed by atoms with Crippen molar-refractivity contribution < 1.29 is 14.0 Å². The maximum atomic E-state index is 13.3. The van der Waals surface area contributed by atoms with Crippen LogP contribution in [0.1, 0.15) is 46.4 Å². The minimum atomic E-state index is -0.540. The van der Waals surface area contributed by atoms with Crippen molar-refractivity contribution in [2.24, 2.45) is 0 Å². The molecule has 2 aromatic carbocycles. The van der Waals surface area contributed by atoms with Crippen molar-refractivity contribution in [3.8, 4) is 0 Å². The first kappa shape index (κ1) is 18.7. The van der Waals surface area contributed by atoms with E-state index in [1.807, 2.05) is 11.9 Å². The maximum absolute atomic E-state index is 13.3. The number of halogens is 2. The van der Waals surface area contributed by atoms with Gasteiger partial charge in [0.05, 0.1) is 16.3 Å². The Labute approximate surface area is 168 Å². The van der Waals surface area contributed by atoms with E-state index in [1.165, 1.54) is 18.2 Å². The van der Waals surface area contributed by atoms with Gasteiger partial charge >= 0.3 is 0 Å². The average Bonchev–Trinajstić information content (AvgIpc) is 2.95. The molecule has 28 heavy (non-hydrogen) atoms. The van der Waals surface area contributed by atoms with Crippen LogP contribution in [0, 0.1) is 5.82 Å². The summed E-state index contributed by atoms with van der Waals surface area (Å²) in [4.78, 5) is 29.6. The second kappa shape index (κ2) is 7.43.